The van der Waals surface area contributed by atoms with Crippen molar-refractivity contribution in [3.05, 3.63) is 70.5 Å². The molecule has 2 aromatic carbocycles. The number of hydrogen-bond donors (Lipinski definition) is 2. The zero-order chi connectivity index (χ0) is 17.6. The molecule has 1 aliphatic heterocycles. The van der Waals surface area contributed by atoms with Crippen molar-refractivity contribution in [3.8, 4) is 0 Å². The maximum Gasteiger partial charge on any atom is 0.234 e. The Hall–Kier alpha value is -1.95. The molecule has 1 atom stereocenters. The maximum absolute atomic E-state index is 12.9. The first-order valence-electron chi connectivity index (χ1n) is 8.34. The van der Waals surface area contributed by atoms with Crippen LogP contribution in [-0.4, -0.2) is 37.0 Å². The van der Waals surface area contributed by atoms with E-state index in [0.717, 1.165) is 30.8 Å². The highest BCUT2D eigenvalue weighted by Gasteiger charge is 2.26. The minimum Gasteiger partial charge on any atom is -0.351 e. The van der Waals surface area contributed by atoms with Gasteiger partial charge in [-0.3, -0.25) is 9.69 Å². The zero-order valence-electron chi connectivity index (χ0n) is 13.8. The fourth-order valence-electron chi connectivity index (χ4n) is 3.03. The molecule has 132 valence electrons. The van der Waals surface area contributed by atoms with Crippen LogP contribution in [0.2, 0.25) is 5.02 Å². The van der Waals surface area contributed by atoms with E-state index in [9.17, 15) is 9.18 Å². The number of carbonyl (C=O) groups excluding carboxylic acids is 1. The van der Waals surface area contributed by atoms with Crippen LogP contribution in [-0.2, 0) is 11.3 Å². The van der Waals surface area contributed by atoms with Gasteiger partial charge in [-0.1, -0.05) is 41.9 Å². The first-order valence-corrected chi connectivity index (χ1v) is 8.71. The molecular weight excluding hydrogens is 341 g/mol. The van der Waals surface area contributed by atoms with Gasteiger partial charge in [0.05, 0.1) is 6.54 Å². The number of benzene rings is 2. The molecule has 1 heterocycles. The van der Waals surface area contributed by atoms with Crippen LogP contribution in [0, 0.1) is 5.82 Å². The fraction of sp³-hybridized carbons (Fsp3) is 0.316. The molecule has 1 saturated heterocycles. The molecule has 1 amide bonds. The van der Waals surface area contributed by atoms with Gasteiger partial charge in [-0.2, -0.15) is 0 Å². The Labute approximate surface area is 152 Å². The van der Waals surface area contributed by atoms with Crippen molar-refractivity contribution in [1.29, 1.82) is 0 Å². The lowest BCUT2D eigenvalue weighted by Crippen LogP contribution is -2.49. The highest BCUT2D eigenvalue weighted by Crippen LogP contribution is 2.28. The van der Waals surface area contributed by atoms with Gasteiger partial charge < -0.3 is 10.6 Å². The average molecular weight is 362 g/mol. The van der Waals surface area contributed by atoms with Crippen molar-refractivity contribution >= 4 is 17.5 Å². The molecular formula is C19H21ClFN3O. The summed E-state index contributed by atoms with van der Waals surface area (Å²) in [7, 11) is 0. The third kappa shape index (κ3) is 4.78. The molecule has 4 nitrogen and oxygen atoms in total. The van der Waals surface area contributed by atoms with E-state index in [2.05, 4.69) is 15.5 Å². The predicted molar refractivity (Wildman–Crippen MR) is 96.9 cm³/mol. The smallest absolute Gasteiger partial charge is 0.234 e. The molecule has 0 spiro atoms. The van der Waals surface area contributed by atoms with Gasteiger partial charge in [0.2, 0.25) is 5.91 Å². The van der Waals surface area contributed by atoms with Crippen LogP contribution < -0.4 is 10.6 Å². The van der Waals surface area contributed by atoms with E-state index >= 15 is 0 Å². The number of nitrogens with zero attached hydrogens (tertiary/aromatic N) is 1. The summed E-state index contributed by atoms with van der Waals surface area (Å²) >= 11 is 6.33. The van der Waals surface area contributed by atoms with Gasteiger partial charge in [0, 0.05) is 37.2 Å². The van der Waals surface area contributed by atoms with Crippen LogP contribution >= 0.6 is 11.6 Å². The molecule has 0 aromatic heterocycles. The predicted octanol–water partition coefficient (Wildman–Crippen LogP) is 2.74. The van der Waals surface area contributed by atoms with Crippen LogP contribution in [0.5, 0.6) is 0 Å². The number of rotatable bonds is 5. The molecule has 0 bridgehead atoms. The van der Waals surface area contributed by atoms with E-state index in [-0.39, 0.29) is 17.8 Å². The highest BCUT2D eigenvalue weighted by atomic mass is 35.5. The molecule has 0 radical (unpaired) electrons. The van der Waals surface area contributed by atoms with Crippen LogP contribution in [0.1, 0.15) is 17.2 Å². The standard InChI is InChI=1S/C19H21ClFN3O/c20-17-4-2-1-3-16(17)18-12-22-9-10-24(18)13-19(25)23-11-14-5-7-15(21)8-6-14/h1-8,18,22H,9-13H2,(H,23,25). The SMILES string of the molecule is O=C(CN1CCNCC1c1ccccc1Cl)NCc1ccc(F)cc1. The molecule has 25 heavy (non-hydrogen) atoms. The van der Waals surface area contributed by atoms with Crippen LogP contribution in [0.3, 0.4) is 0 Å². The van der Waals surface area contributed by atoms with Crippen molar-refractivity contribution in [2.75, 3.05) is 26.2 Å². The Kier molecular flexibility index (Phi) is 6.02. The maximum atomic E-state index is 12.9. The lowest BCUT2D eigenvalue weighted by Gasteiger charge is -2.36. The molecule has 1 unspecified atom stereocenters. The lowest BCUT2D eigenvalue weighted by molar-refractivity contribution is -0.123. The van der Waals surface area contributed by atoms with Crippen molar-refractivity contribution in [3.63, 3.8) is 0 Å². The van der Waals surface area contributed by atoms with Crippen molar-refractivity contribution in [2.45, 2.75) is 12.6 Å². The fourth-order valence-corrected chi connectivity index (χ4v) is 3.29. The monoisotopic (exact) mass is 361 g/mol. The van der Waals surface area contributed by atoms with E-state index in [1.165, 1.54) is 12.1 Å². The molecule has 2 aromatic rings. The van der Waals surface area contributed by atoms with Crippen LogP contribution in [0.25, 0.3) is 0 Å². The zero-order valence-corrected chi connectivity index (χ0v) is 14.6. The molecule has 0 saturated carbocycles. The Bertz CT molecular complexity index is 723. The topological polar surface area (TPSA) is 44.4 Å². The second-order valence-electron chi connectivity index (χ2n) is 6.12. The second kappa shape index (κ2) is 8.43. The largest absolute Gasteiger partial charge is 0.351 e. The minimum atomic E-state index is -0.279. The summed E-state index contributed by atoms with van der Waals surface area (Å²) in [6.07, 6.45) is 0. The first kappa shape index (κ1) is 17.9. The third-order valence-corrected chi connectivity index (χ3v) is 4.71. The van der Waals surface area contributed by atoms with Gasteiger partial charge in [-0.05, 0) is 29.3 Å². The number of halogens is 2. The van der Waals surface area contributed by atoms with Gasteiger partial charge in [0.1, 0.15) is 5.82 Å². The molecule has 1 fully saturated rings. The Morgan fingerprint density at radius 1 is 1.24 bits per heavy atom. The van der Waals surface area contributed by atoms with Crippen molar-refractivity contribution in [2.24, 2.45) is 0 Å². The average Bonchev–Trinajstić information content (AvgIpc) is 2.62. The summed E-state index contributed by atoms with van der Waals surface area (Å²) in [5, 5.41) is 6.97. The number of carbonyl (C=O) groups is 1. The number of hydrogen-bond acceptors (Lipinski definition) is 3. The second-order valence-corrected chi connectivity index (χ2v) is 6.52. The van der Waals surface area contributed by atoms with E-state index in [1.807, 2.05) is 24.3 Å². The molecule has 1 aliphatic rings. The van der Waals surface area contributed by atoms with Crippen molar-refractivity contribution in [1.82, 2.24) is 15.5 Å². The van der Waals surface area contributed by atoms with E-state index in [0.29, 0.717) is 18.1 Å². The number of amides is 1. The Balaban J connectivity index is 1.60. The first-order chi connectivity index (χ1) is 12.1. The number of nitrogens with one attached hydrogen (secondary N) is 2. The van der Waals surface area contributed by atoms with E-state index < -0.39 is 0 Å². The van der Waals surface area contributed by atoms with E-state index in [4.69, 9.17) is 11.6 Å². The Morgan fingerprint density at radius 3 is 2.76 bits per heavy atom. The normalized spacial score (nSPS) is 18.1. The third-order valence-electron chi connectivity index (χ3n) is 4.37. The summed E-state index contributed by atoms with van der Waals surface area (Å²) in [5.74, 6) is -0.332. The van der Waals surface area contributed by atoms with Gasteiger partial charge >= 0.3 is 0 Å². The molecule has 6 heteroatoms. The van der Waals surface area contributed by atoms with Gasteiger partial charge in [-0.25, -0.2) is 4.39 Å². The molecule has 3 rings (SSSR count). The Morgan fingerprint density at radius 2 is 2.00 bits per heavy atom. The van der Waals surface area contributed by atoms with Gasteiger partial charge in [-0.15, -0.1) is 0 Å². The van der Waals surface area contributed by atoms with Crippen LogP contribution in [0.15, 0.2) is 48.5 Å². The van der Waals surface area contributed by atoms with E-state index in [1.54, 1.807) is 12.1 Å². The summed E-state index contributed by atoms with van der Waals surface area (Å²) in [6, 6.07) is 13.9. The van der Waals surface area contributed by atoms with Gasteiger partial charge in [0.15, 0.2) is 0 Å². The van der Waals surface area contributed by atoms with Crippen molar-refractivity contribution < 1.29 is 9.18 Å². The summed E-state index contributed by atoms with van der Waals surface area (Å²) in [6.45, 7) is 3.07. The van der Waals surface area contributed by atoms with Gasteiger partial charge in [0.25, 0.3) is 0 Å². The summed E-state index contributed by atoms with van der Waals surface area (Å²) < 4.78 is 12.9. The summed E-state index contributed by atoms with van der Waals surface area (Å²) in [4.78, 5) is 14.5. The van der Waals surface area contributed by atoms with Crippen LogP contribution in [0.4, 0.5) is 4.39 Å². The summed E-state index contributed by atoms with van der Waals surface area (Å²) in [5.41, 5.74) is 1.90. The number of piperazine rings is 1. The highest BCUT2D eigenvalue weighted by molar-refractivity contribution is 6.31. The lowest BCUT2D eigenvalue weighted by atomic mass is 10.0. The minimum absolute atomic E-state index is 0.0525. The molecule has 2 N–H and O–H groups in total. The quantitative estimate of drug-likeness (QED) is 0.860. The molecule has 0 aliphatic carbocycles.